The summed E-state index contributed by atoms with van der Waals surface area (Å²) in [5.41, 5.74) is 0.779. The topological polar surface area (TPSA) is 85.0 Å². The Balaban J connectivity index is 1.49. The predicted octanol–water partition coefficient (Wildman–Crippen LogP) is 0.856. The molecule has 29 heavy (non-hydrogen) atoms. The van der Waals surface area contributed by atoms with Gasteiger partial charge in [-0.2, -0.15) is 0 Å². The molecule has 0 bridgehead atoms. The van der Waals surface area contributed by atoms with E-state index in [4.69, 9.17) is 4.74 Å². The Morgan fingerprint density at radius 3 is 2.90 bits per heavy atom. The fourth-order valence-electron chi connectivity index (χ4n) is 4.39. The number of likely N-dealkylation sites (tertiary alicyclic amines) is 1. The summed E-state index contributed by atoms with van der Waals surface area (Å²) >= 11 is 1.43. The van der Waals surface area contributed by atoms with E-state index >= 15 is 0 Å². The molecule has 3 aromatic heterocycles. The number of fused-ring (bicyclic) bond motifs is 3. The lowest BCUT2D eigenvalue weighted by Gasteiger charge is -2.38. The van der Waals surface area contributed by atoms with Gasteiger partial charge in [0.05, 0.1) is 31.3 Å². The molecule has 5 heterocycles. The molecule has 1 atom stereocenters. The van der Waals surface area contributed by atoms with Crippen molar-refractivity contribution in [1.82, 2.24) is 29.0 Å². The molecule has 0 aromatic carbocycles. The van der Waals surface area contributed by atoms with Crippen LogP contribution in [-0.2, 0) is 23.1 Å². The Morgan fingerprint density at radius 1 is 1.24 bits per heavy atom. The summed E-state index contributed by atoms with van der Waals surface area (Å²) in [5.74, 6) is 1.49. The maximum Gasteiger partial charge on any atom is 0.272 e. The van der Waals surface area contributed by atoms with E-state index in [0.29, 0.717) is 43.3 Å². The molecule has 10 heteroatoms. The number of aromatic nitrogens is 4. The number of carbonyl (C=O) groups is 1. The van der Waals surface area contributed by atoms with E-state index in [0.717, 1.165) is 37.1 Å². The summed E-state index contributed by atoms with van der Waals surface area (Å²) in [5, 5.41) is 10.6. The number of rotatable bonds is 3. The van der Waals surface area contributed by atoms with E-state index in [-0.39, 0.29) is 17.5 Å². The van der Waals surface area contributed by atoms with Crippen molar-refractivity contribution in [3.63, 3.8) is 0 Å². The molecule has 2 aliphatic rings. The average molecular weight is 417 g/mol. The van der Waals surface area contributed by atoms with Crippen LogP contribution in [0.3, 0.4) is 0 Å². The minimum atomic E-state index is -0.139. The average Bonchev–Trinajstić information content (AvgIpc) is 3.40. The Bertz CT molecular complexity index is 1110. The van der Waals surface area contributed by atoms with Gasteiger partial charge in [0, 0.05) is 20.1 Å². The van der Waals surface area contributed by atoms with Crippen LogP contribution in [0.1, 0.15) is 25.1 Å². The minimum Gasteiger partial charge on any atom is -0.378 e. The third kappa shape index (κ3) is 3.15. The smallest absolute Gasteiger partial charge is 0.272 e. The summed E-state index contributed by atoms with van der Waals surface area (Å²) in [6.07, 6.45) is 2.98. The number of hydrogen-bond acceptors (Lipinski definition) is 7. The van der Waals surface area contributed by atoms with Gasteiger partial charge < -0.3 is 9.64 Å². The Morgan fingerprint density at radius 2 is 2.07 bits per heavy atom. The van der Waals surface area contributed by atoms with Crippen molar-refractivity contribution in [2.45, 2.75) is 31.8 Å². The Kier molecular flexibility index (Phi) is 4.84. The first-order valence-corrected chi connectivity index (χ1v) is 10.9. The Labute approximate surface area is 171 Å². The lowest BCUT2D eigenvalue weighted by molar-refractivity contribution is -0.142. The number of aryl methyl sites for hydroxylation is 1. The van der Waals surface area contributed by atoms with Gasteiger partial charge in [0.2, 0.25) is 11.7 Å². The summed E-state index contributed by atoms with van der Waals surface area (Å²) in [6, 6.07) is 1.80. The van der Waals surface area contributed by atoms with Crippen molar-refractivity contribution in [2.75, 3.05) is 32.8 Å². The molecule has 2 saturated heterocycles. The first kappa shape index (κ1) is 18.7. The highest BCUT2D eigenvalue weighted by molar-refractivity contribution is 7.17. The number of piperidine rings is 1. The standard InChI is InChI=1S/C19H24N6O3S/c1-22-18(27)16-13(5-11-29-16)25-15(20-21-19(22)25)12-24-6-3-2-4-14(24)17(26)23-7-9-28-10-8-23/h5,11,14H,2-4,6-10,12H2,1H3. The van der Waals surface area contributed by atoms with Crippen LogP contribution in [0, 0.1) is 0 Å². The van der Waals surface area contributed by atoms with Crippen LogP contribution in [0.2, 0.25) is 0 Å². The molecule has 0 N–H and O–H groups in total. The maximum atomic E-state index is 13.2. The molecule has 2 aliphatic heterocycles. The molecule has 0 spiro atoms. The second-order valence-corrected chi connectivity index (χ2v) is 8.59. The van der Waals surface area contributed by atoms with Crippen molar-refractivity contribution >= 4 is 33.2 Å². The first-order chi connectivity index (χ1) is 14.1. The van der Waals surface area contributed by atoms with E-state index in [1.807, 2.05) is 20.7 Å². The normalized spacial score (nSPS) is 21.3. The molecule has 3 aromatic rings. The third-order valence-corrected chi connectivity index (χ3v) is 6.85. The zero-order valence-corrected chi connectivity index (χ0v) is 17.2. The fourth-order valence-corrected chi connectivity index (χ4v) is 5.24. The van der Waals surface area contributed by atoms with Gasteiger partial charge in [0.25, 0.3) is 5.56 Å². The van der Waals surface area contributed by atoms with Gasteiger partial charge in [0.15, 0.2) is 5.82 Å². The molecule has 5 rings (SSSR count). The number of hydrogen-bond donors (Lipinski definition) is 0. The van der Waals surface area contributed by atoms with Crippen LogP contribution in [0.5, 0.6) is 0 Å². The van der Waals surface area contributed by atoms with Gasteiger partial charge in [-0.05, 0) is 30.8 Å². The summed E-state index contributed by atoms with van der Waals surface area (Å²) in [7, 11) is 1.72. The highest BCUT2D eigenvalue weighted by Gasteiger charge is 2.33. The molecule has 0 aliphatic carbocycles. The van der Waals surface area contributed by atoms with Gasteiger partial charge in [0.1, 0.15) is 4.70 Å². The molecular formula is C19H24N6O3S. The molecule has 154 valence electrons. The molecule has 0 radical (unpaired) electrons. The molecule has 9 nitrogen and oxygen atoms in total. The van der Waals surface area contributed by atoms with E-state index in [1.165, 1.54) is 11.3 Å². The number of thiophene rings is 1. The highest BCUT2D eigenvalue weighted by atomic mass is 32.1. The van der Waals surface area contributed by atoms with E-state index in [2.05, 4.69) is 15.1 Å². The van der Waals surface area contributed by atoms with Gasteiger partial charge in [-0.1, -0.05) is 6.42 Å². The van der Waals surface area contributed by atoms with E-state index < -0.39 is 0 Å². The largest absolute Gasteiger partial charge is 0.378 e. The Hall–Kier alpha value is -2.30. The number of ether oxygens (including phenoxy) is 1. The number of amides is 1. The quantitative estimate of drug-likeness (QED) is 0.630. The highest BCUT2D eigenvalue weighted by Crippen LogP contribution is 2.24. The van der Waals surface area contributed by atoms with Gasteiger partial charge in [-0.3, -0.25) is 23.5 Å². The van der Waals surface area contributed by atoms with Crippen molar-refractivity contribution in [2.24, 2.45) is 7.05 Å². The van der Waals surface area contributed by atoms with Crippen molar-refractivity contribution < 1.29 is 9.53 Å². The fraction of sp³-hybridized carbons (Fsp3) is 0.579. The summed E-state index contributed by atoms with van der Waals surface area (Å²) < 4.78 is 9.59. The van der Waals surface area contributed by atoms with Crippen molar-refractivity contribution in [3.05, 3.63) is 27.6 Å². The number of carbonyl (C=O) groups excluding carboxylic acids is 1. The second-order valence-electron chi connectivity index (χ2n) is 7.67. The zero-order chi connectivity index (χ0) is 20.0. The molecule has 2 fully saturated rings. The summed E-state index contributed by atoms with van der Waals surface area (Å²) in [6.45, 7) is 3.93. The number of morpholine rings is 1. The molecular weight excluding hydrogens is 392 g/mol. The van der Waals surface area contributed by atoms with Crippen LogP contribution in [-0.4, -0.2) is 73.8 Å². The monoisotopic (exact) mass is 416 g/mol. The van der Waals surface area contributed by atoms with Crippen LogP contribution in [0.4, 0.5) is 0 Å². The van der Waals surface area contributed by atoms with Crippen LogP contribution >= 0.6 is 11.3 Å². The molecule has 1 unspecified atom stereocenters. The van der Waals surface area contributed by atoms with Gasteiger partial charge in [-0.25, -0.2) is 0 Å². The van der Waals surface area contributed by atoms with Gasteiger partial charge in [-0.15, -0.1) is 21.5 Å². The maximum absolute atomic E-state index is 13.2. The van der Waals surface area contributed by atoms with Crippen LogP contribution in [0.25, 0.3) is 16.0 Å². The molecule has 0 saturated carbocycles. The minimum absolute atomic E-state index is 0.0557. The predicted molar refractivity (Wildman–Crippen MR) is 109 cm³/mol. The number of nitrogens with zero attached hydrogens (tertiary/aromatic N) is 6. The zero-order valence-electron chi connectivity index (χ0n) is 16.4. The lowest BCUT2D eigenvalue weighted by atomic mass is 10.0. The lowest BCUT2D eigenvalue weighted by Crippen LogP contribution is -2.53. The van der Waals surface area contributed by atoms with E-state index in [9.17, 15) is 9.59 Å². The summed E-state index contributed by atoms with van der Waals surface area (Å²) in [4.78, 5) is 29.9. The third-order valence-electron chi connectivity index (χ3n) is 5.96. The van der Waals surface area contributed by atoms with Crippen molar-refractivity contribution in [3.8, 4) is 0 Å². The van der Waals surface area contributed by atoms with E-state index in [1.54, 1.807) is 11.6 Å². The molecule has 1 amide bonds. The van der Waals surface area contributed by atoms with Crippen LogP contribution in [0.15, 0.2) is 16.2 Å². The van der Waals surface area contributed by atoms with Crippen LogP contribution < -0.4 is 5.56 Å². The first-order valence-electron chi connectivity index (χ1n) is 10.1. The van der Waals surface area contributed by atoms with Crippen molar-refractivity contribution in [1.29, 1.82) is 0 Å². The van der Waals surface area contributed by atoms with Gasteiger partial charge >= 0.3 is 0 Å². The second kappa shape index (κ2) is 7.51. The SMILES string of the molecule is Cn1c(=O)c2sccc2n2c(CN3CCCCC3C(=O)N3CCOCC3)nnc12.